The zero-order valence-electron chi connectivity index (χ0n) is 24.5. The molecular formula is C29H36N8O8S. The highest BCUT2D eigenvalue weighted by molar-refractivity contribution is 7.80. The number of phenols is 1. The Kier molecular flexibility index (Phi) is 13.5. The Morgan fingerprint density at radius 2 is 1.41 bits per heavy atom. The zero-order chi connectivity index (χ0) is 33.6. The first-order valence-corrected chi connectivity index (χ1v) is 14.7. The molecule has 3 rings (SSSR count). The summed E-state index contributed by atoms with van der Waals surface area (Å²) < 4.78 is 0. The van der Waals surface area contributed by atoms with Crippen molar-refractivity contribution in [2.24, 2.45) is 5.73 Å². The number of nitrogens with two attached hydrogens (primary N) is 1. The highest BCUT2D eigenvalue weighted by Crippen LogP contribution is 2.12. The maximum atomic E-state index is 13.4. The smallest absolute Gasteiger partial charge is 0.327 e. The standard InChI is InChI=1S/C29H36N8O8S/c30-20(10-18-12-32-15-33-18)25(40)34-22(9-17-2-1-7-31-11-17)26(41)36-23(13-38)28(43)35-21(8-16-3-5-19(39)6-4-16)27(42)37-24(14-46)29(44)45/h1-7,11-12,15,20-24,38-39,46H,8-10,13-14,30H2,(H,32,33)(H,34,40)(H,35,43)(H,36,41)(H,37,42)(H,44,45)/t20-,21-,22+,23-,24+/m0/s1. The number of aliphatic carboxylic acids is 1. The fraction of sp³-hybridized carbons (Fsp3) is 0.345. The van der Waals surface area contributed by atoms with Gasteiger partial charge in [-0.1, -0.05) is 18.2 Å². The van der Waals surface area contributed by atoms with Gasteiger partial charge in [0, 0.05) is 43.6 Å². The maximum Gasteiger partial charge on any atom is 0.327 e. The molecular weight excluding hydrogens is 620 g/mol. The van der Waals surface area contributed by atoms with Crippen LogP contribution >= 0.6 is 12.6 Å². The largest absolute Gasteiger partial charge is 0.508 e. The average Bonchev–Trinajstić information content (AvgIpc) is 3.55. The van der Waals surface area contributed by atoms with E-state index in [9.17, 15) is 39.3 Å². The molecule has 246 valence electrons. The molecule has 2 heterocycles. The van der Waals surface area contributed by atoms with Gasteiger partial charge in [-0.3, -0.25) is 24.2 Å². The van der Waals surface area contributed by atoms with Gasteiger partial charge in [-0.05, 0) is 29.3 Å². The molecule has 0 aliphatic carbocycles. The Balaban J connectivity index is 1.76. The Morgan fingerprint density at radius 3 is 1.96 bits per heavy atom. The average molecular weight is 657 g/mol. The molecule has 0 bridgehead atoms. The van der Waals surface area contributed by atoms with E-state index in [-0.39, 0.29) is 30.8 Å². The molecule has 2 aromatic heterocycles. The SMILES string of the molecule is N[C@@H](Cc1c[nH]cn1)C(=O)N[C@H](Cc1cccnc1)C(=O)N[C@@H](CO)C(=O)N[C@@H](Cc1ccc(O)cc1)C(=O)N[C@H](CS)C(=O)O. The number of pyridine rings is 1. The third-order valence-corrected chi connectivity index (χ3v) is 7.10. The molecule has 46 heavy (non-hydrogen) atoms. The molecule has 1 aromatic carbocycles. The number of hydrogen-bond donors (Lipinski definition) is 10. The number of H-pyrrole nitrogens is 1. The third-order valence-electron chi connectivity index (χ3n) is 6.74. The number of aliphatic hydroxyl groups excluding tert-OH is 1. The molecule has 17 heteroatoms. The van der Waals surface area contributed by atoms with Crippen LogP contribution in [0.4, 0.5) is 0 Å². The number of amides is 4. The summed E-state index contributed by atoms with van der Waals surface area (Å²) in [7, 11) is 0. The molecule has 0 saturated heterocycles. The van der Waals surface area contributed by atoms with Crippen molar-refractivity contribution in [2.45, 2.75) is 49.5 Å². The molecule has 4 amide bonds. The lowest BCUT2D eigenvalue weighted by atomic mass is 10.0. The summed E-state index contributed by atoms with van der Waals surface area (Å²) in [6.45, 7) is -0.883. The van der Waals surface area contributed by atoms with Gasteiger partial charge in [0.05, 0.1) is 24.7 Å². The van der Waals surface area contributed by atoms with E-state index in [1.807, 2.05) is 0 Å². The summed E-state index contributed by atoms with van der Waals surface area (Å²) >= 11 is 3.94. The highest BCUT2D eigenvalue weighted by atomic mass is 32.1. The summed E-state index contributed by atoms with van der Waals surface area (Å²) in [5, 5.41) is 38.7. The maximum absolute atomic E-state index is 13.4. The predicted molar refractivity (Wildman–Crippen MR) is 166 cm³/mol. The number of phenolic OH excluding ortho intramolecular Hbond substituents is 1. The van der Waals surface area contributed by atoms with Crippen LogP contribution < -0.4 is 27.0 Å². The molecule has 16 nitrogen and oxygen atoms in total. The van der Waals surface area contributed by atoms with Crippen molar-refractivity contribution < 1.29 is 39.3 Å². The second-order valence-electron chi connectivity index (χ2n) is 10.3. The van der Waals surface area contributed by atoms with E-state index >= 15 is 0 Å². The summed E-state index contributed by atoms with van der Waals surface area (Å²) in [5.41, 5.74) is 7.65. The number of carbonyl (C=O) groups excluding carboxylic acids is 4. The van der Waals surface area contributed by atoms with Gasteiger partial charge in [-0.25, -0.2) is 9.78 Å². The predicted octanol–water partition coefficient (Wildman–Crippen LogP) is -2.19. The molecule has 0 radical (unpaired) electrons. The summed E-state index contributed by atoms with van der Waals surface area (Å²) in [6.07, 6.45) is 5.95. The normalized spacial score (nSPS) is 14.2. The van der Waals surface area contributed by atoms with E-state index < -0.39 is 66.4 Å². The van der Waals surface area contributed by atoms with Gasteiger partial charge in [0.15, 0.2) is 0 Å². The second kappa shape index (κ2) is 17.5. The number of aromatic hydroxyl groups is 1. The number of nitrogens with zero attached hydrogens (tertiary/aromatic N) is 2. The fourth-order valence-electron chi connectivity index (χ4n) is 4.24. The number of aromatic amines is 1. The molecule has 0 unspecified atom stereocenters. The Labute approximate surface area is 269 Å². The van der Waals surface area contributed by atoms with Gasteiger partial charge < -0.3 is 47.3 Å². The summed E-state index contributed by atoms with van der Waals surface area (Å²) in [5.74, 6) is -4.94. The van der Waals surface area contributed by atoms with E-state index in [2.05, 4.69) is 48.8 Å². The van der Waals surface area contributed by atoms with Crippen LogP contribution in [0.25, 0.3) is 0 Å². The van der Waals surface area contributed by atoms with Crippen molar-refractivity contribution in [1.29, 1.82) is 0 Å². The van der Waals surface area contributed by atoms with Crippen molar-refractivity contribution in [3.63, 3.8) is 0 Å². The molecule has 3 aromatic rings. The first-order chi connectivity index (χ1) is 22.0. The quantitative estimate of drug-likeness (QED) is 0.0698. The van der Waals surface area contributed by atoms with E-state index in [0.717, 1.165) is 0 Å². The number of rotatable bonds is 17. The Morgan fingerprint density at radius 1 is 0.826 bits per heavy atom. The van der Waals surface area contributed by atoms with Crippen LogP contribution in [0.1, 0.15) is 16.8 Å². The number of benzene rings is 1. The van der Waals surface area contributed by atoms with E-state index in [1.165, 1.54) is 43.0 Å². The van der Waals surface area contributed by atoms with Gasteiger partial charge in [-0.2, -0.15) is 12.6 Å². The van der Waals surface area contributed by atoms with Crippen molar-refractivity contribution in [1.82, 2.24) is 36.2 Å². The zero-order valence-corrected chi connectivity index (χ0v) is 25.4. The molecule has 0 spiro atoms. The number of carboxylic acids is 1. The summed E-state index contributed by atoms with van der Waals surface area (Å²) in [4.78, 5) is 75.0. The number of thiol groups is 1. The van der Waals surface area contributed by atoms with E-state index in [1.54, 1.807) is 18.3 Å². The second-order valence-corrected chi connectivity index (χ2v) is 10.6. The molecule has 0 saturated carbocycles. The number of aliphatic hydroxyl groups is 1. The van der Waals surface area contributed by atoms with Crippen molar-refractivity contribution in [2.75, 3.05) is 12.4 Å². The Bertz CT molecular complexity index is 1460. The lowest BCUT2D eigenvalue weighted by Gasteiger charge is -2.25. The van der Waals surface area contributed by atoms with Crippen LogP contribution in [0, 0.1) is 0 Å². The number of aromatic nitrogens is 3. The number of hydrogen-bond acceptors (Lipinski definition) is 11. The number of nitrogens with one attached hydrogen (secondary N) is 5. The minimum Gasteiger partial charge on any atom is -0.508 e. The minimum absolute atomic E-state index is 0.0344. The lowest BCUT2D eigenvalue weighted by molar-refractivity contribution is -0.141. The van der Waals surface area contributed by atoms with Crippen LogP contribution in [-0.4, -0.2) is 102 Å². The third kappa shape index (κ3) is 10.9. The number of imidazole rings is 1. The number of carbonyl (C=O) groups is 5. The van der Waals surface area contributed by atoms with Crippen molar-refractivity contribution in [3.05, 3.63) is 78.1 Å². The van der Waals surface area contributed by atoms with Crippen LogP contribution in [0.5, 0.6) is 5.75 Å². The van der Waals surface area contributed by atoms with Gasteiger partial charge in [0.2, 0.25) is 23.6 Å². The first-order valence-electron chi connectivity index (χ1n) is 14.1. The topological polar surface area (TPSA) is 262 Å². The van der Waals surface area contributed by atoms with E-state index in [0.29, 0.717) is 16.8 Å². The van der Waals surface area contributed by atoms with Gasteiger partial charge >= 0.3 is 5.97 Å². The monoisotopic (exact) mass is 656 g/mol. The van der Waals surface area contributed by atoms with Crippen LogP contribution in [0.3, 0.4) is 0 Å². The van der Waals surface area contributed by atoms with Crippen LogP contribution in [0.15, 0.2) is 61.3 Å². The lowest BCUT2D eigenvalue weighted by Crippen LogP contribution is -2.60. The molecule has 0 aliphatic heterocycles. The molecule has 0 aliphatic rings. The highest BCUT2D eigenvalue weighted by Gasteiger charge is 2.32. The van der Waals surface area contributed by atoms with E-state index in [4.69, 9.17) is 5.73 Å². The van der Waals surface area contributed by atoms with Crippen LogP contribution in [-0.2, 0) is 43.2 Å². The fourth-order valence-corrected chi connectivity index (χ4v) is 4.48. The van der Waals surface area contributed by atoms with Gasteiger partial charge in [0.25, 0.3) is 0 Å². The van der Waals surface area contributed by atoms with Gasteiger partial charge in [-0.15, -0.1) is 0 Å². The number of carboxylic acid groups (broad SMARTS) is 1. The molecule has 10 N–H and O–H groups in total. The van der Waals surface area contributed by atoms with Crippen LogP contribution in [0.2, 0.25) is 0 Å². The molecule has 0 fully saturated rings. The Hall–Kier alpha value is -5.00. The van der Waals surface area contributed by atoms with Crippen molar-refractivity contribution in [3.8, 4) is 5.75 Å². The first kappa shape index (κ1) is 35.5. The van der Waals surface area contributed by atoms with Gasteiger partial charge in [0.1, 0.15) is 29.9 Å². The molecule has 5 atom stereocenters. The van der Waals surface area contributed by atoms with Crippen molar-refractivity contribution >= 4 is 42.2 Å². The summed E-state index contributed by atoms with van der Waals surface area (Å²) in [6, 6.07) is 2.47. The minimum atomic E-state index is -1.58.